The van der Waals surface area contributed by atoms with Gasteiger partial charge in [0.15, 0.2) is 11.5 Å². The second kappa shape index (κ2) is 4.08. The molecule has 18 heavy (non-hydrogen) atoms. The maximum Gasteiger partial charge on any atom is 0.573 e. The van der Waals surface area contributed by atoms with Crippen LogP contribution < -0.4 is 4.74 Å². The number of ether oxygens (including phenoxy) is 1. The summed E-state index contributed by atoms with van der Waals surface area (Å²) in [5.74, 6) is -2.89. The average Bonchev–Trinajstić information content (AvgIpc) is 2.25. The molecule has 1 aromatic carbocycles. The largest absolute Gasteiger partial charge is 0.573 e. The highest BCUT2D eigenvalue weighted by molar-refractivity contribution is 6.12. The van der Waals surface area contributed by atoms with Crippen LogP contribution in [0.2, 0.25) is 0 Å². The van der Waals surface area contributed by atoms with Crippen LogP contribution in [0, 0.1) is 11.7 Å². The molecule has 1 unspecified atom stereocenters. The van der Waals surface area contributed by atoms with Crippen LogP contribution in [0.15, 0.2) is 17.1 Å². The van der Waals surface area contributed by atoms with Crippen LogP contribution in [-0.2, 0) is 0 Å². The van der Waals surface area contributed by atoms with E-state index < -0.39 is 40.9 Å². The van der Waals surface area contributed by atoms with Gasteiger partial charge in [0.1, 0.15) is 11.5 Å². The minimum atomic E-state index is -4.92. The topological polar surface area (TPSA) is 38.7 Å². The number of ketones is 1. The third-order valence-corrected chi connectivity index (χ3v) is 2.40. The molecule has 1 heterocycles. The predicted octanol–water partition coefficient (Wildman–Crippen LogP) is 3.26. The Morgan fingerprint density at radius 2 is 2.00 bits per heavy atom. The molecule has 1 aromatic rings. The predicted molar refractivity (Wildman–Crippen MR) is 54.7 cm³/mol. The second-order valence-electron chi connectivity index (χ2n) is 3.75. The molecule has 1 aliphatic heterocycles. The van der Waals surface area contributed by atoms with Crippen molar-refractivity contribution in [2.45, 2.75) is 13.3 Å². The van der Waals surface area contributed by atoms with Crippen molar-refractivity contribution < 1.29 is 27.1 Å². The summed E-state index contributed by atoms with van der Waals surface area (Å²) in [5, 5.41) is 0. The first kappa shape index (κ1) is 12.5. The molecule has 96 valence electrons. The number of hydrogen-bond acceptors (Lipinski definition) is 3. The highest BCUT2D eigenvalue weighted by Gasteiger charge is 2.35. The molecule has 3 nitrogen and oxygen atoms in total. The Hall–Kier alpha value is -1.92. The second-order valence-corrected chi connectivity index (χ2v) is 3.75. The molecule has 0 saturated carbocycles. The fourth-order valence-corrected chi connectivity index (χ4v) is 1.60. The van der Waals surface area contributed by atoms with E-state index in [0.29, 0.717) is 0 Å². The number of alkyl halides is 3. The molecule has 1 aliphatic rings. The van der Waals surface area contributed by atoms with Gasteiger partial charge in [-0.1, -0.05) is 6.92 Å². The Balaban J connectivity index is 2.56. The van der Waals surface area contributed by atoms with Crippen LogP contribution in [0.3, 0.4) is 0 Å². The summed E-state index contributed by atoms with van der Waals surface area (Å²) >= 11 is 0. The summed E-state index contributed by atoms with van der Waals surface area (Å²) in [6.45, 7) is 1.48. The quantitative estimate of drug-likeness (QED) is 0.728. The molecule has 0 amide bonds. The molecule has 0 saturated heterocycles. The van der Waals surface area contributed by atoms with E-state index >= 15 is 0 Å². The Morgan fingerprint density at radius 3 is 2.61 bits per heavy atom. The smallest absolute Gasteiger partial charge is 0.403 e. The van der Waals surface area contributed by atoms with E-state index in [1.165, 1.54) is 6.92 Å². The van der Waals surface area contributed by atoms with Crippen LogP contribution in [0.1, 0.15) is 17.3 Å². The van der Waals surface area contributed by atoms with Gasteiger partial charge in [-0.15, -0.1) is 13.2 Å². The zero-order chi connectivity index (χ0) is 13.5. The van der Waals surface area contributed by atoms with E-state index in [-0.39, 0.29) is 0 Å². The van der Waals surface area contributed by atoms with Gasteiger partial charge in [0.2, 0.25) is 0 Å². The van der Waals surface area contributed by atoms with Crippen LogP contribution in [0.25, 0.3) is 0 Å². The Labute approximate surface area is 99.1 Å². The Kier molecular flexibility index (Phi) is 2.84. The van der Waals surface area contributed by atoms with E-state index in [0.717, 1.165) is 18.3 Å². The van der Waals surface area contributed by atoms with Gasteiger partial charge in [-0.25, -0.2) is 4.39 Å². The lowest BCUT2D eigenvalue weighted by atomic mass is 9.95. The van der Waals surface area contributed by atoms with Crippen LogP contribution in [0.4, 0.5) is 23.2 Å². The summed E-state index contributed by atoms with van der Waals surface area (Å²) in [4.78, 5) is 15.3. The summed E-state index contributed by atoms with van der Waals surface area (Å²) in [6, 6.07) is 1.55. The number of benzene rings is 1. The lowest BCUT2D eigenvalue weighted by Gasteiger charge is -2.18. The molecule has 1 atom stereocenters. The molecule has 2 rings (SSSR count). The summed E-state index contributed by atoms with van der Waals surface area (Å²) in [6.07, 6.45) is -3.76. The van der Waals surface area contributed by atoms with E-state index in [9.17, 15) is 22.4 Å². The zero-order valence-electron chi connectivity index (χ0n) is 9.08. The number of carbonyl (C=O) groups excluding carboxylic acids is 1. The standard InChI is InChI=1S/C11H7F4NO2/c1-5-4-16-9-7(18-11(13,14)15)3-2-6(12)8(9)10(5)17/h2-5H,1H3. The van der Waals surface area contributed by atoms with Gasteiger partial charge < -0.3 is 4.74 Å². The molecule has 0 bridgehead atoms. The summed E-state index contributed by atoms with van der Waals surface area (Å²) in [5.41, 5.74) is -0.887. The summed E-state index contributed by atoms with van der Waals surface area (Å²) in [7, 11) is 0. The minimum Gasteiger partial charge on any atom is -0.403 e. The van der Waals surface area contributed by atoms with Crippen LogP contribution in [-0.4, -0.2) is 18.4 Å². The first-order valence-corrected chi connectivity index (χ1v) is 4.96. The average molecular weight is 261 g/mol. The molecule has 0 N–H and O–H groups in total. The van der Waals surface area contributed by atoms with Crippen molar-refractivity contribution in [2.75, 3.05) is 0 Å². The number of carbonyl (C=O) groups is 1. The van der Waals surface area contributed by atoms with E-state index in [4.69, 9.17) is 0 Å². The van der Waals surface area contributed by atoms with Gasteiger partial charge in [0, 0.05) is 6.21 Å². The van der Waals surface area contributed by atoms with Crippen molar-refractivity contribution in [1.82, 2.24) is 0 Å². The van der Waals surface area contributed by atoms with Crippen LogP contribution >= 0.6 is 0 Å². The monoisotopic (exact) mass is 261 g/mol. The van der Waals surface area contributed by atoms with Gasteiger partial charge in [-0.3, -0.25) is 9.79 Å². The number of nitrogens with zero attached hydrogens (tertiary/aromatic N) is 1. The number of rotatable bonds is 1. The lowest BCUT2D eigenvalue weighted by molar-refractivity contribution is -0.274. The van der Waals surface area contributed by atoms with Crippen molar-refractivity contribution in [3.63, 3.8) is 0 Å². The van der Waals surface area contributed by atoms with Crippen molar-refractivity contribution in [3.8, 4) is 5.75 Å². The molecule has 0 aliphatic carbocycles. The SMILES string of the molecule is CC1C=Nc2c(OC(F)(F)F)ccc(F)c2C1=O. The molecule has 0 aromatic heterocycles. The first-order chi connectivity index (χ1) is 8.29. The molecule has 0 radical (unpaired) electrons. The van der Waals surface area contributed by atoms with Gasteiger partial charge in [-0.2, -0.15) is 0 Å². The van der Waals surface area contributed by atoms with Gasteiger partial charge in [0.25, 0.3) is 0 Å². The maximum atomic E-state index is 13.5. The first-order valence-electron chi connectivity index (χ1n) is 4.96. The van der Waals surface area contributed by atoms with E-state index in [2.05, 4.69) is 9.73 Å². The zero-order valence-corrected chi connectivity index (χ0v) is 9.08. The normalized spacial score (nSPS) is 18.7. The van der Waals surface area contributed by atoms with Crippen molar-refractivity contribution in [1.29, 1.82) is 0 Å². The third kappa shape index (κ3) is 2.20. The van der Waals surface area contributed by atoms with E-state index in [1.807, 2.05) is 0 Å². The Morgan fingerprint density at radius 1 is 1.33 bits per heavy atom. The number of Topliss-reactive ketones (excluding diaryl/α,β-unsaturated/α-hetero) is 1. The van der Waals surface area contributed by atoms with Gasteiger partial charge in [0.05, 0.1) is 11.5 Å². The van der Waals surface area contributed by atoms with Crippen molar-refractivity contribution >= 4 is 17.7 Å². The fraction of sp³-hybridized carbons (Fsp3) is 0.273. The van der Waals surface area contributed by atoms with Crippen molar-refractivity contribution in [3.05, 3.63) is 23.5 Å². The number of halogens is 4. The van der Waals surface area contributed by atoms with Crippen molar-refractivity contribution in [2.24, 2.45) is 10.9 Å². The third-order valence-electron chi connectivity index (χ3n) is 2.40. The molecule has 7 heteroatoms. The minimum absolute atomic E-state index is 0.421. The van der Waals surface area contributed by atoms with E-state index in [1.54, 1.807) is 0 Å². The maximum absolute atomic E-state index is 13.5. The number of aliphatic imine (C=N–C) groups is 1. The molecular weight excluding hydrogens is 254 g/mol. The Bertz CT molecular complexity index is 537. The molecule has 0 fully saturated rings. The fourth-order valence-electron chi connectivity index (χ4n) is 1.60. The molecular formula is C11H7F4NO2. The number of fused-ring (bicyclic) bond motifs is 1. The number of hydrogen-bond donors (Lipinski definition) is 0. The van der Waals surface area contributed by atoms with Crippen LogP contribution in [0.5, 0.6) is 5.75 Å². The highest BCUT2D eigenvalue weighted by Crippen LogP contribution is 2.39. The van der Waals surface area contributed by atoms with Gasteiger partial charge in [-0.05, 0) is 12.1 Å². The lowest BCUT2D eigenvalue weighted by Crippen LogP contribution is -2.21. The summed E-state index contributed by atoms with van der Waals surface area (Å²) < 4.78 is 53.6. The highest BCUT2D eigenvalue weighted by atomic mass is 19.4. The molecule has 0 spiro atoms. The van der Waals surface area contributed by atoms with Gasteiger partial charge >= 0.3 is 6.36 Å².